The Kier molecular flexibility index (Phi) is 6.38. The topological polar surface area (TPSA) is 77.2 Å². The normalized spacial score (nSPS) is 20.4. The van der Waals surface area contributed by atoms with Crippen molar-refractivity contribution in [2.45, 2.75) is 58.1 Å². The molecule has 0 bridgehead atoms. The minimum absolute atomic E-state index is 0.0482. The highest BCUT2D eigenvalue weighted by atomic mass is 32.2. The van der Waals surface area contributed by atoms with Crippen molar-refractivity contribution in [2.24, 2.45) is 11.8 Å². The molecule has 1 aliphatic rings. The Labute approximate surface area is 167 Å². The van der Waals surface area contributed by atoms with Gasteiger partial charge in [0, 0.05) is 17.9 Å². The first-order valence-corrected chi connectivity index (χ1v) is 11.7. The quantitative estimate of drug-likeness (QED) is 0.685. The van der Waals surface area contributed by atoms with Gasteiger partial charge in [0.2, 0.25) is 5.89 Å². The van der Waals surface area contributed by atoms with Crippen molar-refractivity contribution in [1.82, 2.24) is 4.98 Å². The highest BCUT2D eigenvalue weighted by molar-refractivity contribution is 7.91. The van der Waals surface area contributed by atoms with Crippen LogP contribution >= 0.6 is 0 Å². The van der Waals surface area contributed by atoms with Crippen LogP contribution in [0.4, 0.5) is 0 Å². The van der Waals surface area contributed by atoms with Gasteiger partial charge in [-0.1, -0.05) is 12.1 Å². The van der Waals surface area contributed by atoms with Gasteiger partial charge < -0.3 is 4.42 Å². The largest absolute Gasteiger partial charge is 0.441 e. The van der Waals surface area contributed by atoms with Crippen LogP contribution in [0.5, 0.6) is 0 Å². The summed E-state index contributed by atoms with van der Waals surface area (Å²) in [6, 6.07) is 7.77. The second-order valence-electron chi connectivity index (χ2n) is 8.21. The molecule has 152 valence electrons. The monoisotopic (exact) mass is 403 g/mol. The molecule has 1 heterocycles. The molecule has 0 radical (unpaired) electrons. The van der Waals surface area contributed by atoms with Crippen molar-refractivity contribution in [2.75, 3.05) is 5.75 Å². The van der Waals surface area contributed by atoms with E-state index in [1.165, 1.54) is 0 Å². The third kappa shape index (κ3) is 5.10. The van der Waals surface area contributed by atoms with E-state index in [-0.39, 0.29) is 28.6 Å². The number of aromatic nitrogens is 1. The first-order chi connectivity index (χ1) is 13.2. The molecule has 0 atom stereocenters. The maximum Gasteiger partial charge on any atom is 0.226 e. The highest BCUT2D eigenvalue weighted by Crippen LogP contribution is 2.31. The van der Waals surface area contributed by atoms with E-state index in [4.69, 9.17) is 4.42 Å². The van der Waals surface area contributed by atoms with Crippen LogP contribution in [0.2, 0.25) is 0 Å². The molecule has 0 amide bonds. The first kappa shape index (κ1) is 20.8. The third-order valence-corrected chi connectivity index (χ3v) is 8.06. The second-order valence-corrected chi connectivity index (χ2v) is 10.8. The van der Waals surface area contributed by atoms with Crippen LogP contribution in [0.1, 0.15) is 50.9 Å². The number of carbonyl (C=O) groups excluding carboxylic acids is 1. The highest BCUT2D eigenvalue weighted by Gasteiger charge is 2.29. The minimum atomic E-state index is -3.01. The predicted octanol–water partition coefficient (Wildman–Crippen LogP) is 4.39. The zero-order valence-corrected chi connectivity index (χ0v) is 17.7. The van der Waals surface area contributed by atoms with Gasteiger partial charge in [-0.25, -0.2) is 13.4 Å². The van der Waals surface area contributed by atoms with Crippen LogP contribution in [0.3, 0.4) is 0 Å². The average molecular weight is 404 g/mol. The number of hydrogen-bond acceptors (Lipinski definition) is 5. The Balaban J connectivity index is 1.52. The molecule has 6 heteroatoms. The fourth-order valence-electron chi connectivity index (χ4n) is 3.77. The van der Waals surface area contributed by atoms with Gasteiger partial charge in [0.05, 0.1) is 17.2 Å². The smallest absolute Gasteiger partial charge is 0.226 e. The van der Waals surface area contributed by atoms with E-state index >= 15 is 0 Å². The Bertz CT molecular complexity index is 904. The van der Waals surface area contributed by atoms with Crippen LogP contribution in [0, 0.1) is 18.8 Å². The second kappa shape index (κ2) is 8.60. The lowest BCUT2D eigenvalue weighted by Crippen LogP contribution is -2.29. The summed E-state index contributed by atoms with van der Waals surface area (Å²) in [4.78, 5) is 16.9. The van der Waals surface area contributed by atoms with Crippen molar-refractivity contribution in [1.29, 1.82) is 0 Å². The number of benzene rings is 1. The summed E-state index contributed by atoms with van der Waals surface area (Å²) in [6.45, 7) is 5.33. The van der Waals surface area contributed by atoms with Crippen LogP contribution in [-0.4, -0.2) is 30.2 Å². The molecule has 0 unspecified atom stereocenters. The van der Waals surface area contributed by atoms with Crippen LogP contribution < -0.4 is 0 Å². The molecule has 0 aliphatic heterocycles. The van der Waals surface area contributed by atoms with E-state index < -0.39 is 9.84 Å². The van der Waals surface area contributed by atoms with Crippen molar-refractivity contribution in [3.63, 3.8) is 0 Å². The molecule has 3 rings (SSSR count). The van der Waals surface area contributed by atoms with Crippen molar-refractivity contribution >= 4 is 15.6 Å². The van der Waals surface area contributed by atoms with Gasteiger partial charge in [-0.05, 0) is 70.1 Å². The van der Waals surface area contributed by atoms with Crippen LogP contribution in [0.25, 0.3) is 11.5 Å². The fourth-order valence-corrected chi connectivity index (χ4v) is 5.15. The molecule has 1 aliphatic carbocycles. The van der Waals surface area contributed by atoms with Gasteiger partial charge in [0.15, 0.2) is 9.84 Å². The Hall–Kier alpha value is -1.95. The van der Waals surface area contributed by atoms with E-state index in [2.05, 4.69) is 4.98 Å². The van der Waals surface area contributed by atoms with E-state index in [1.54, 1.807) is 20.0 Å². The Morgan fingerprint density at radius 3 is 2.32 bits per heavy atom. The average Bonchev–Trinajstić information content (AvgIpc) is 3.09. The van der Waals surface area contributed by atoms with Gasteiger partial charge in [0.1, 0.15) is 11.5 Å². The molecule has 1 saturated carbocycles. The van der Waals surface area contributed by atoms with Gasteiger partial charge in [0.25, 0.3) is 0 Å². The number of oxazole rings is 1. The third-order valence-electron chi connectivity index (χ3n) is 5.69. The SMILES string of the molecule is Cc1cnc(-c2ccc(CC(=O)C3CCC(CS(=O)(=O)C(C)C)CC3)cc2)o1. The number of rotatable bonds is 7. The number of Topliss-reactive ketones (excluding diaryl/α,β-unsaturated/α-hetero) is 1. The van der Waals surface area contributed by atoms with E-state index in [0.717, 1.165) is 42.6 Å². The van der Waals surface area contributed by atoms with Gasteiger partial charge in [-0.3, -0.25) is 4.79 Å². The maximum absolute atomic E-state index is 12.7. The summed E-state index contributed by atoms with van der Waals surface area (Å²) >= 11 is 0. The number of ketones is 1. The summed E-state index contributed by atoms with van der Waals surface area (Å²) in [5.74, 6) is 2.11. The lowest BCUT2D eigenvalue weighted by atomic mass is 9.79. The summed E-state index contributed by atoms with van der Waals surface area (Å²) in [5, 5.41) is -0.324. The molecule has 2 aromatic rings. The lowest BCUT2D eigenvalue weighted by molar-refractivity contribution is -0.123. The van der Waals surface area contributed by atoms with Gasteiger partial charge >= 0.3 is 0 Å². The zero-order valence-electron chi connectivity index (χ0n) is 16.8. The Morgan fingerprint density at radius 2 is 1.79 bits per heavy atom. The van der Waals surface area contributed by atoms with Crippen LogP contribution in [-0.2, 0) is 21.1 Å². The molecular formula is C22H29NO4S. The molecule has 28 heavy (non-hydrogen) atoms. The standard InChI is InChI=1S/C22H29NO4S/c1-15(2)28(25,26)14-18-6-8-19(9-7-18)21(24)12-17-4-10-20(11-5-17)22-23-13-16(3)27-22/h4-5,10-11,13,15,18-19H,6-9,12,14H2,1-3H3. The summed E-state index contributed by atoms with van der Waals surface area (Å²) in [7, 11) is -3.01. The van der Waals surface area contributed by atoms with E-state index in [1.807, 2.05) is 31.2 Å². The van der Waals surface area contributed by atoms with Crippen LogP contribution in [0.15, 0.2) is 34.9 Å². The molecule has 1 aromatic heterocycles. The molecule has 1 aromatic carbocycles. The summed E-state index contributed by atoms with van der Waals surface area (Å²) in [6.07, 6.45) is 5.35. The summed E-state index contributed by atoms with van der Waals surface area (Å²) < 4.78 is 29.7. The molecule has 5 nitrogen and oxygen atoms in total. The molecule has 0 saturated heterocycles. The van der Waals surface area contributed by atoms with E-state index in [9.17, 15) is 13.2 Å². The molecule has 1 fully saturated rings. The molecular weight excluding hydrogens is 374 g/mol. The minimum Gasteiger partial charge on any atom is -0.441 e. The number of hydrogen-bond donors (Lipinski definition) is 0. The number of aryl methyl sites for hydroxylation is 1. The Morgan fingerprint density at radius 1 is 1.14 bits per heavy atom. The fraction of sp³-hybridized carbons (Fsp3) is 0.545. The van der Waals surface area contributed by atoms with E-state index in [0.29, 0.717) is 12.3 Å². The predicted molar refractivity (Wildman–Crippen MR) is 110 cm³/mol. The van der Waals surface area contributed by atoms with Crippen molar-refractivity contribution < 1.29 is 17.6 Å². The molecule has 0 N–H and O–H groups in total. The van der Waals surface area contributed by atoms with Gasteiger partial charge in [-0.2, -0.15) is 0 Å². The van der Waals surface area contributed by atoms with Gasteiger partial charge in [-0.15, -0.1) is 0 Å². The number of carbonyl (C=O) groups is 1. The molecule has 0 spiro atoms. The maximum atomic E-state index is 12.7. The van der Waals surface area contributed by atoms with Crippen molar-refractivity contribution in [3.8, 4) is 11.5 Å². The van der Waals surface area contributed by atoms with Crippen molar-refractivity contribution in [3.05, 3.63) is 41.8 Å². The number of sulfone groups is 1. The summed E-state index contributed by atoms with van der Waals surface area (Å²) in [5.41, 5.74) is 1.89. The lowest BCUT2D eigenvalue weighted by Gasteiger charge is -2.28. The zero-order chi connectivity index (χ0) is 20.3. The first-order valence-electron chi connectivity index (χ1n) is 10.0. The number of nitrogens with zero attached hydrogens (tertiary/aromatic N) is 1.